The van der Waals surface area contributed by atoms with Crippen LogP contribution in [0.15, 0.2) is 59.5 Å². The van der Waals surface area contributed by atoms with Crippen LogP contribution in [0.5, 0.6) is 0 Å². The van der Waals surface area contributed by atoms with Crippen molar-refractivity contribution in [3.05, 3.63) is 65.7 Å². The van der Waals surface area contributed by atoms with Crippen LogP contribution < -0.4 is 5.32 Å². The van der Waals surface area contributed by atoms with E-state index in [1.54, 1.807) is 0 Å². The van der Waals surface area contributed by atoms with Gasteiger partial charge < -0.3 is 5.32 Å². The first-order valence-electron chi connectivity index (χ1n) is 6.91. The van der Waals surface area contributed by atoms with Crippen LogP contribution in [0.3, 0.4) is 0 Å². The van der Waals surface area contributed by atoms with Gasteiger partial charge >= 0.3 is 0 Å². The molecule has 3 nitrogen and oxygen atoms in total. The SMILES string of the molecule is Cc1ccc(S(=O)CCC(=O)NCc2ccccc2)cc1. The van der Waals surface area contributed by atoms with Gasteiger partial charge in [-0.15, -0.1) is 0 Å². The first-order valence-corrected chi connectivity index (χ1v) is 8.23. The largest absolute Gasteiger partial charge is 0.352 e. The van der Waals surface area contributed by atoms with Gasteiger partial charge in [-0.2, -0.15) is 0 Å². The van der Waals surface area contributed by atoms with Gasteiger partial charge in [-0.25, -0.2) is 0 Å². The molecule has 0 fully saturated rings. The first-order chi connectivity index (χ1) is 10.1. The Morgan fingerprint density at radius 2 is 1.71 bits per heavy atom. The lowest BCUT2D eigenvalue weighted by Gasteiger charge is -2.06. The van der Waals surface area contributed by atoms with Crippen LogP contribution in [-0.4, -0.2) is 15.9 Å². The predicted molar refractivity (Wildman–Crippen MR) is 85.4 cm³/mol. The van der Waals surface area contributed by atoms with Crippen molar-refractivity contribution in [1.82, 2.24) is 5.32 Å². The quantitative estimate of drug-likeness (QED) is 0.892. The molecule has 21 heavy (non-hydrogen) atoms. The molecule has 4 heteroatoms. The molecule has 0 heterocycles. The fraction of sp³-hybridized carbons (Fsp3) is 0.235. The molecule has 0 aliphatic heterocycles. The van der Waals surface area contributed by atoms with Crippen LogP contribution in [0.1, 0.15) is 17.5 Å². The molecule has 0 aliphatic carbocycles. The number of amides is 1. The Morgan fingerprint density at radius 1 is 1.05 bits per heavy atom. The van der Waals surface area contributed by atoms with E-state index in [0.29, 0.717) is 12.3 Å². The molecule has 110 valence electrons. The molecule has 1 unspecified atom stereocenters. The van der Waals surface area contributed by atoms with Crippen molar-refractivity contribution >= 4 is 16.7 Å². The summed E-state index contributed by atoms with van der Waals surface area (Å²) < 4.78 is 12.1. The van der Waals surface area contributed by atoms with Gasteiger partial charge in [0.1, 0.15) is 0 Å². The third-order valence-corrected chi connectivity index (χ3v) is 4.50. The third-order valence-electron chi connectivity index (χ3n) is 3.13. The van der Waals surface area contributed by atoms with Crippen molar-refractivity contribution in [3.63, 3.8) is 0 Å². The summed E-state index contributed by atoms with van der Waals surface area (Å²) in [4.78, 5) is 12.5. The number of carbonyl (C=O) groups is 1. The van der Waals surface area contributed by atoms with Crippen molar-refractivity contribution in [2.75, 3.05) is 5.75 Å². The van der Waals surface area contributed by atoms with E-state index in [1.165, 1.54) is 0 Å². The first kappa shape index (κ1) is 15.4. The van der Waals surface area contributed by atoms with Crippen LogP contribution in [0.4, 0.5) is 0 Å². The fourth-order valence-corrected chi connectivity index (χ4v) is 2.92. The molecular formula is C17H19NO2S. The minimum absolute atomic E-state index is 0.0701. The summed E-state index contributed by atoms with van der Waals surface area (Å²) in [6.07, 6.45) is 0.271. The van der Waals surface area contributed by atoms with E-state index >= 15 is 0 Å². The van der Waals surface area contributed by atoms with Gasteiger partial charge in [0.05, 0.1) is 10.8 Å². The highest BCUT2D eigenvalue weighted by atomic mass is 32.2. The van der Waals surface area contributed by atoms with Crippen molar-refractivity contribution in [2.24, 2.45) is 0 Å². The summed E-state index contributed by atoms with van der Waals surface area (Å²) in [5.41, 5.74) is 2.20. The second-order valence-corrected chi connectivity index (χ2v) is 6.45. The van der Waals surface area contributed by atoms with Gasteiger partial charge in [0, 0.05) is 23.6 Å². The highest BCUT2D eigenvalue weighted by Crippen LogP contribution is 2.09. The Balaban J connectivity index is 1.76. The third kappa shape index (κ3) is 5.16. The topological polar surface area (TPSA) is 46.2 Å². The molecule has 0 aromatic heterocycles. The Kier molecular flexibility index (Phi) is 5.69. The molecule has 0 saturated heterocycles. The lowest BCUT2D eigenvalue weighted by molar-refractivity contribution is -0.120. The van der Waals surface area contributed by atoms with Crippen LogP contribution >= 0.6 is 0 Å². The van der Waals surface area contributed by atoms with Crippen molar-refractivity contribution in [2.45, 2.75) is 24.8 Å². The van der Waals surface area contributed by atoms with E-state index in [0.717, 1.165) is 16.0 Å². The lowest BCUT2D eigenvalue weighted by atomic mass is 10.2. The molecule has 0 radical (unpaired) electrons. The molecule has 2 rings (SSSR count). The van der Waals surface area contributed by atoms with E-state index in [4.69, 9.17) is 0 Å². The normalized spacial score (nSPS) is 11.9. The average Bonchev–Trinajstić information content (AvgIpc) is 2.52. The van der Waals surface area contributed by atoms with Gasteiger partial charge in [-0.1, -0.05) is 48.0 Å². The number of carbonyl (C=O) groups excluding carboxylic acids is 1. The van der Waals surface area contributed by atoms with Gasteiger partial charge in [0.25, 0.3) is 0 Å². The Labute approximate surface area is 127 Å². The van der Waals surface area contributed by atoms with E-state index in [9.17, 15) is 9.00 Å². The van der Waals surface area contributed by atoms with Gasteiger partial charge in [0.15, 0.2) is 0 Å². The van der Waals surface area contributed by atoms with Crippen LogP contribution in [-0.2, 0) is 22.1 Å². The molecule has 2 aromatic carbocycles. The zero-order valence-corrected chi connectivity index (χ0v) is 12.9. The Hall–Kier alpha value is -1.94. The maximum Gasteiger partial charge on any atom is 0.221 e. The molecule has 0 saturated carbocycles. The van der Waals surface area contributed by atoms with Gasteiger partial charge in [-0.3, -0.25) is 9.00 Å². The number of rotatable bonds is 6. The smallest absolute Gasteiger partial charge is 0.221 e. The fourth-order valence-electron chi connectivity index (χ4n) is 1.88. The van der Waals surface area contributed by atoms with Crippen LogP contribution in [0.25, 0.3) is 0 Å². The number of hydrogen-bond acceptors (Lipinski definition) is 2. The summed E-state index contributed by atoms with van der Waals surface area (Å²) in [5, 5.41) is 2.84. The molecule has 1 atom stereocenters. The monoisotopic (exact) mass is 301 g/mol. The minimum atomic E-state index is -1.12. The summed E-state index contributed by atoms with van der Waals surface area (Å²) in [6.45, 7) is 2.50. The maximum absolute atomic E-state index is 12.1. The Bertz CT molecular complexity index is 608. The molecule has 0 aliphatic rings. The van der Waals surface area contributed by atoms with Crippen molar-refractivity contribution < 1.29 is 9.00 Å². The molecule has 0 bridgehead atoms. The number of aryl methyl sites for hydroxylation is 1. The summed E-state index contributed by atoms with van der Waals surface area (Å²) in [7, 11) is -1.12. The van der Waals surface area contributed by atoms with Gasteiger partial charge in [-0.05, 0) is 24.6 Å². The second kappa shape index (κ2) is 7.74. The van der Waals surface area contributed by atoms with Crippen LogP contribution in [0.2, 0.25) is 0 Å². The Morgan fingerprint density at radius 3 is 2.38 bits per heavy atom. The van der Waals surface area contributed by atoms with Crippen molar-refractivity contribution in [1.29, 1.82) is 0 Å². The van der Waals surface area contributed by atoms with E-state index in [-0.39, 0.29) is 12.3 Å². The number of hydrogen-bond donors (Lipinski definition) is 1. The van der Waals surface area contributed by atoms with E-state index in [1.807, 2.05) is 61.5 Å². The lowest BCUT2D eigenvalue weighted by Crippen LogP contribution is -2.24. The zero-order valence-electron chi connectivity index (χ0n) is 12.0. The molecule has 1 N–H and O–H groups in total. The summed E-state index contributed by atoms with van der Waals surface area (Å²) in [6, 6.07) is 17.3. The zero-order chi connectivity index (χ0) is 15.1. The highest BCUT2D eigenvalue weighted by molar-refractivity contribution is 7.85. The van der Waals surface area contributed by atoms with Crippen molar-refractivity contribution in [3.8, 4) is 0 Å². The predicted octanol–water partition coefficient (Wildman–Crippen LogP) is 2.81. The number of nitrogens with one attached hydrogen (secondary N) is 1. The van der Waals surface area contributed by atoms with E-state index < -0.39 is 10.8 Å². The average molecular weight is 301 g/mol. The maximum atomic E-state index is 12.1. The second-order valence-electron chi connectivity index (χ2n) is 4.88. The minimum Gasteiger partial charge on any atom is -0.352 e. The highest BCUT2D eigenvalue weighted by Gasteiger charge is 2.07. The summed E-state index contributed by atoms with van der Waals surface area (Å²) >= 11 is 0. The molecule has 1 amide bonds. The standard InChI is InChI=1S/C17H19NO2S/c1-14-7-9-16(10-8-14)21(20)12-11-17(19)18-13-15-5-3-2-4-6-15/h2-10H,11-13H2,1H3,(H,18,19). The number of benzene rings is 2. The van der Waals surface area contributed by atoms with Gasteiger partial charge in [0.2, 0.25) is 5.91 Å². The summed E-state index contributed by atoms with van der Waals surface area (Å²) in [5.74, 6) is 0.281. The molecule has 0 spiro atoms. The van der Waals surface area contributed by atoms with E-state index in [2.05, 4.69) is 5.32 Å². The molecular weight excluding hydrogens is 282 g/mol. The van der Waals surface area contributed by atoms with Crippen LogP contribution in [0, 0.1) is 6.92 Å². The molecule has 2 aromatic rings.